The lowest BCUT2D eigenvalue weighted by atomic mass is 9.78. The fourth-order valence-electron chi connectivity index (χ4n) is 2.38. The van der Waals surface area contributed by atoms with Crippen LogP contribution < -0.4 is 0 Å². The van der Waals surface area contributed by atoms with E-state index in [1.54, 1.807) is 0 Å². The van der Waals surface area contributed by atoms with E-state index in [0.29, 0.717) is 0 Å². The number of hydrogen-bond acceptors (Lipinski definition) is 2. The molecule has 0 saturated heterocycles. The molecule has 0 bridgehead atoms. The fraction of sp³-hybridized carbons (Fsp3) is 0.778. The van der Waals surface area contributed by atoms with E-state index in [0.717, 1.165) is 30.4 Å². The third kappa shape index (κ3) is 1.12. The average Bonchev–Trinajstić information content (AvgIpc) is 2.12. The van der Waals surface area contributed by atoms with E-state index in [-0.39, 0.29) is 6.04 Å². The van der Waals surface area contributed by atoms with Crippen molar-refractivity contribution in [2.24, 2.45) is 0 Å². The van der Waals surface area contributed by atoms with E-state index in [2.05, 4.69) is 0 Å². The van der Waals surface area contributed by atoms with Gasteiger partial charge in [0.05, 0.1) is 0 Å². The standard InChI is InChI=1S/C9H15N2O2/c1-9-5-3-2-4-8(9)10(12)6-7-11(9)13/h6-8,12H,2-5H2,1H3/q+1/t8-,9+/m0/s1. The Morgan fingerprint density at radius 3 is 2.92 bits per heavy atom. The highest BCUT2D eigenvalue weighted by Crippen LogP contribution is 2.33. The van der Waals surface area contributed by atoms with Gasteiger partial charge in [-0.2, -0.15) is 4.74 Å². The van der Waals surface area contributed by atoms with Gasteiger partial charge in [0.15, 0.2) is 0 Å². The second-order valence-electron chi connectivity index (χ2n) is 4.12. The molecule has 2 atom stereocenters. The highest BCUT2D eigenvalue weighted by atomic mass is 16.5. The molecule has 4 nitrogen and oxygen atoms in total. The van der Waals surface area contributed by atoms with Crippen molar-refractivity contribution in [3.63, 3.8) is 0 Å². The second kappa shape index (κ2) is 2.72. The lowest BCUT2D eigenvalue weighted by molar-refractivity contribution is -0.828. The van der Waals surface area contributed by atoms with Gasteiger partial charge in [-0.05, 0) is 17.6 Å². The summed E-state index contributed by atoms with van der Waals surface area (Å²) in [4.78, 5) is 0. The Morgan fingerprint density at radius 2 is 2.23 bits per heavy atom. The summed E-state index contributed by atoms with van der Waals surface area (Å²) in [6.07, 6.45) is 6.79. The zero-order chi connectivity index (χ0) is 9.47. The average molecular weight is 183 g/mol. The number of hydroxylamine groups is 2. The minimum atomic E-state index is -0.429. The molecule has 1 aliphatic heterocycles. The van der Waals surface area contributed by atoms with Crippen molar-refractivity contribution in [1.29, 1.82) is 0 Å². The van der Waals surface area contributed by atoms with E-state index in [1.165, 1.54) is 17.2 Å². The van der Waals surface area contributed by atoms with Gasteiger partial charge < -0.3 is 5.21 Å². The smallest absolute Gasteiger partial charge is 0.280 e. The van der Waals surface area contributed by atoms with Crippen LogP contribution in [0.1, 0.15) is 32.6 Å². The van der Waals surface area contributed by atoms with E-state index < -0.39 is 5.54 Å². The summed E-state index contributed by atoms with van der Waals surface area (Å²) >= 11 is 0. The van der Waals surface area contributed by atoms with Crippen LogP contribution in [-0.4, -0.2) is 38.7 Å². The van der Waals surface area contributed by atoms with Crippen molar-refractivity contribution in [2.75, 3.05) is 0 Å². The highest BCUT2D eigenvalue weighted by Gasteiger charge is 2.53. The van der Waals surface area contributed by atoms with E-state index in [4.69, 9.17) is 0 Å². The lowest BCUT2D eigenvalue weighted by Gasteiger charge is -2.35. The summed E-state index contributed by atoms with van der Waals surface area (Å²) in [5.74, 6) is 0. The maximum atomic E-state index is 11.6. The third-order valence-electron chi connectivity index (χ3n) is 3.31. The maximum absolute atomic E-state index is 11.6. The van der Waals surface area contributed by atoms with Crippen LogP contribution in [0.3, 0.4) is 0 Å². The van der Waals surface area contributed by atoms with E-state index >= 15 is 0 Å². The molecule has 0 amide bonds. The fourth-order valence-corrected chi connectivity index (χ4v) is 2.38. The Bertz CT molecular complexity index is 285. The summed E-state index contributed by atoms with van der Waals surface area (Å²) in [6.45, 7) is 1.93. The molecule has 1 aliphatic carbocycles. The molecule has 1 fully saturated rings. The number of fused-ring (bicyclic) bond motifs is 1. The molecule has 72 valence electrons. The van der Waals surface area contributed by atoms with Gasteiger partial charge in [-0.15, -0.1) is 0 Å². The summed E-state index contributed by atoms with van der Waals surface area (Å²) in [7, 11) is 0. The molecule has 13 heavy (non-hydrogen) atoms. The van der Waals surface area contributed by atoms with Crippen molar-refractivity contribution < 1.29 is 14.7 Å². The molecule has 0 spiro atoms. The van der Waals surface area contributed by atoms with Crippen LogP contribution in [0.5, 0.6) is 0 Å². The van der Waals surface area contributed by atoms with Crippen LogP contribution in [0, 0.1) is 5.21 Å². The highest BCUT2D eigenvalue weighted by molar-refractivity contribution is 6.11. The Morgan fingerprint density at radius 1 is 1.46 bits per heavy atom. The van der Waals surface area contributed by atoms with Crippen LogP contribution in [0.4, 0.5) is 0 Å². The van der Waals surface area contributed by atoms with Crippen molar-refractivity contribution in [3.05, 3.63) is 5.21 Å². The van der Waals surface area contributed by atoms with Crippen LogP contribution in [-0.2, 0) is 0 Å². The molecular formula is C9H15N2O2+. The van der Waals surface area contributed by atoms with Crippen molar-refractivity contribution in [3.8, 4) is 0 Å². The van der Waals surface area contributed by atoms with Gasteiger partial charge in [-0.25, -0.2) is 0 Å². The molecule has 0 radical (unpaired) electrons. The predicted octanol–water partition coefficient (Wildman–Crippen LogP) is 0.755. The zero-order valence-corrected chi connectivity index (χ0v) is 7.81. The second-order valence-corrected chi connectivity index (χ2v) is 4.12. The Kier molecular flexibility index (Phi) is 1.78. The van der Waals surface area contributed by atoms with Crippen LogP contribution >= 0.6 is 0 Å². The first-order valence-corrected chi connectivity index (χ1v) is 4.76. The quantitative estimate of drug-likeness (QED) is 0.342. The number of nitrogens with zero attached hydrogens (tertiary/aromatic N) is 2. The van der Waals surface area contributed by atoms with Gasteiger partial charge >= 0.3 is 0 Å². The molecule has 0 aromatic rings. The van der Waals surface area contributed by atoms with Crippen LogP contribution in [0.2, 0.25) is 0 Å². The Balaban J connectivity index is 2.37. The molecule has 0 aromatic carbocycles. The SMILES string of the molecule is C[C@@]12CCCC[C@@H]1[N+](O)=CC=[N+]2[O-]. The van der Waals surface area contributed by atoms with Crippen LogP contribution in [0.15, 0.2) is 0 Å². The molecule has 1 heterocycles. The zero-order valence-electron chi connectivity index (χ0n) is 7.81. The minimum Gasteiger partial charge on any atom is -0.623 e. The van der Waals surface area contributed by atoms with Gasteiger partial charge in [0.25, 0.3) is 12.3 Å². The number of hydrogen-bond donors (Lipinski definition) is 1. The lowest BCUT2D eigenvalue weighted by Crippen LogP contribution is -2.57. The first-order chi connectivity index (χ1) is 6.14. The minimum absolute atomic E-state index is 0.0382. The normalized spacial score (nSPS) is 39.0. The van der Waals surface area contributed by atoms with Crippen LogP contribution in [0.25, 0.3) is 0 Å². The first kappa shape index (κ1) is 8.53. The topological polar surface area (TPSA) is 49.3 Å². The number of rotatable bonds is 0. The molecule has 1 saturated carbocycles. The van der Waals surface area contributed by atoms with Gasteiger partial charge in [0.1, 0.15) is 0 Å². The molecule has 1 N–H and O–H groups in total. The summed E-state index contributed by atoms with van der Waals surface area (Å²) in [5.41, 5.74) is -0.429. The summed E-state index contributed by atoms with van der Waals surface area (Å²) in [6, 6.07) is -0.0382. The first-order valence-electron chi connectivity index (χ1n) is 4.76. The van der Waals surface area contributed by atoms with E-state index in [9.17, 15) is 10.4 Å². The largest absolute Gasteiger partial charge is 0.623 e. The van der Waals surface area contributed by atoms with Gasteiger partial charge in [0, 0.05) is 19.8 Å². The molecule has 4 heteroatoms. The Hall–Kier alpha value is -1.06. The predicted molar refractivity (Wildman–Crippen MR) is 48.5 cm³/mol. The summed E-state index contributed by atoms with van der Waals surface area (Å²) < 4.78 is 2.18. The third-order valence-corrected chi connectivity index (χ3v) is 3.31. The van der Waals surface area contributed by atoms with Gasteiger partial charge in [-0.3, -0.25) is 5.21 Å². The van der Waals surface area contributed by atoms with Gasteiger partial charge in [-0.1, -0.05) is 0 Å². The van der Waals surface area contributed by atoms with E-state index in [1.807, 2.05) is 6.92 Å². The summed E-state index contributed by atoms with van der Waals surface area (Å²) in [5, 5.41) is 21.2. The Labute approximate surface area is 77.4 Å². The molecule has 2 aliphatic rings. The van der Waals surface area contributed by atoms with Crippen molar-refractivity contribution >= 4 is 12.4 Å². The monoisotopic (exact) mass is 183 g/mol. The maximum Gasteiger partial charge on any atom is 0.280 e. The molecule has 0 unspecified atom stereocenters. The van der Waals surface area contributed by atoms with Crippen molar-refractivity contribution in [2.45, 2.75) is 44.2 Å². The van der Waals surface area contributed by atoms with Crippen molar-refractivity contribution in [1.82, 2.24) is 0 Å². The van der Waals surface area contributed by atoms with Gasteiger partial charge in [0.2, 0.25) is 11.8 Å². The molecule has 0 aromatic heterocycles. The molecular weight excluding hydrogens is 168 g/mol. The molecule has 2 rings (SSSR count).